The molecule has 0 aromatic heterocycles. The van der Waals surface area contributed by atoms with Crippen molar-refractivity contribution < 1.29 is 4.74 Å². The summed E-state index contributed by atoms with van der Waals surface area (Å²) in [5.41, 5.74) is 1.42. The van der Waals surface area contributed by atoms with Gasteiger partial charge in [-0.25, -0.2) is 0 Å². The van der Waals surface area contributed by atoms with Gasteiger partial charge in [0.1, 0.15) is 5.75 Å². The number of aryl methyl sites for hydroxylation is 1. The maximum absolute atomic E-state index is 5.79. The van der Waals surface area contributed by atoms with E-state index in [2.05, 4.69) is 41.4 Å². The second-order valence-electron chi connectivity index (χ2n) is 6.25. The summed E-state index contributed by atoms with van der Waals surface area (Å²) in [6, 6.07) is 8.69. The van der Waals surface area contributed by atoms with Crippen molar-refractivity contribution in [2.75, 3.05) is 39.3 Å². The fraction of sp³-hybridized carbons (Fsp3) is 0.684. The zero-order chi connectivity index (χ0) is 15.5. The van der Waals surface area contributed by atoms with Gasteiger partial charge in [0.15, 0.2) is 0 Å². The lowest BCUT2D eigenvalue weighted by Gasteiger charge is -2.27. The highest BCUT2D eigenvalue weighted by Crippen LogP contribution is 2.14. The first-order valence-corrected chi connectivity index (χ1v) is 9.03. The summed E-state index contributed by atoms with van der Waals surface area (Å²) in [6.07, 6.45) is 7.46. The van der Waals surface area contributed by atoms with Crippen LogP contribution < -0.4 is 10.1 Å². The zero-order valence-electron chi connectivity index (χ0n) is 14.2. The normalized spacial score (nSPS) is 15.9. The van der Waals surface area contributed by atoms with Gasteiger partial charge in [-0.05, 0) is 43.5 Å². The fourth-order valence-electron chi connectivity index (χ4n) is 2.91. The van der Waals surface area contributed by atoms with Gasteiger partial charge in [0.25, 0.3) is 0 Å². The van der Waals surface area contributed by atoms with Gasteiger partial charge in [0.05, 0.1) is 6.61 Å². The molecule has 2 rings (SSSR count). The minimum absolute atomic E-state index is 0.850. The summed E-state index contributed by atoms with van der Waals surface area (Å²) in [4.78, 5) is 2.56. The Labute approximate surface area is 136 Å². The van der Waals surface area contributed by atoms with E-state index in [9.17, 15) is 0 Å². The van der Waals surface area contributed by atoms with E-state index >= 15 is 0 Å². The van der Waals surface area contributed by atoms with E-state index in [1.54, 1.807) is 0 Å². The molecule has 1 aliphatic heterocycles. The maximum Gasteiger partial charge on any atom is 0.119 e. The van der Waals surface area contributed by atoms with E-state index in [-0.39, 0.29) is 0 Å². The van der Waals surface area contributed by atoms with Gasteiger partial charge < -0.3 is 15.0 Å². The number of nitrogens with one attached hydrogen (secondary N) is 1. The molecule has 1 aromatic carbocycles. The van der Waals surface area contributed by atoms with Gasteiger partial charge in [0, 0.05) is 26.2 Å². The summed E-state index contributed by atoms with van der Waals surface area (Å²) in [5, 5.41) is 3.40. The van der Waals surface area contributed by atoms with Gasteiger partial charge in [-0.1, -0.05) is 38.3 Å². The molecule has 1 aromatic rings. The quantitative estimate of drug-likeness (QED) is 0.670. The van der Waals surface area contributed by atoms with Crippen LogP contribution in [0.5, 0.6) is 5.75 Å². The number of hydrogen-bond acceptors (Lipinski definition) is 3. The number of hydrogen-bond donors (Lipinski definition) is 1. The maximum atomic E-state index is 5.79. The van der Waals surface area contributed by atoms with Crippen LogP contribution in [-0.4, -0.2) is 44.2 Å². The van der Waals surface area contributed by atoms with E-state index < -0.39 is 0 Å². The zero-order valence-corrected chi connectivity index (χ0v) is 14.2. The Morgan fingerprint density at radius 3 is 2.50 bits per heavy atom. The highest BCUT2D eigenvalue weighted by Gasteiger charge is 2.08. The Morgan fingerprint density at radius 1 is 1.00 bits per heavy atom. The molecule has 1 N–H and O–H groups in total. The number of rotatable bonds is 10. The first kappa shape index (κ1) is 17.3. The summed E-state index contributed by atoms with van der Waals surface area (Å²) in [7, 11) is 0. The number of piperazine rings is 1. The number of ether oxygens (including phenoxy) is 1. The average Bonchev–Trinajstić information content (AvgIpc) is 2.57. The van der Waals surface area contributed by atoms with Crippen LogP contribution in [0.15, 0.2) is 24.3 Å². The monoisotopic (exact) mass is 304 g/mol. The van der Waals surface area contributed by atoms with Gasteiger partial charge in [-0.2, -0.15) is 0 Å². The Bertz CT molecular complexity index is 385. The van der Waals surface area contributed by atoms with Crippen molar-refractivity contribution in [1.82, 2.24) is 10.2 Å². The van der Waals surface area contributed by atoms with Crippen LogP contribution in [0.25, 0.3) is 0 Å². The smallest absolute Gasteiger partial charge is 0.119 e. The van der Waals surface area contributed by atoms with Crippen LogP contribution in [0.2, 0.25) is 0 Å². The van der Waals surface area contributed by atoms with Crippen LogP contribution in [0.1, 0.15) is 44.6 Å². The van der Waals surface area contributed by atoms with Gasteiger partial charge in [0.2, 0.25) is 0 Å². The molecule has 1 aliphatic rings. The first-order chi connectivity index (χ1) is 10.9. The minimum atomic E-state index is 0.850. The lowest BCUT2D eigenvalue weighted by atomic mass is 10.1. The van der Waals surface area contributed by atoms with E-state index in [0.717, 1.165) is 25.4 Å². The molecule has 0 unspecified atom stereocenters. The molecule has 0 bridgehead atoms. The van der Waals surface area contributed by atoms with Crippen molar-refractivity contribution in [3.05, 3.63) is 29.8 Å². The van der Waals surface area contributed by atoms with Gasteiger partial charge in [-0.15, -0.1) is 0 Å². The number of nitrogens with zero attached hydrogens (tertiary/aromatic N) is 1. The predicted molar refractivity (Wildman–Crippen MR) is 93.7 cm³/mol. The Balaban J connectivity index is 1.59. The Hall–Kier alpha value is -1.06. The lowest BCUT2D eigenvalue weighted by molar-refractivity contribution is 0.238. The third-order valence-electron chi connectivity index (χ3n) is 4.34. The molecule has 0 atom stereocenters. The summed E-state index contributed by atoms with van der Waals surface area (Å²) in [5.74, 6) is 1.02. The molecule has 3 heteroatoms. The molecule has 0 aliphatic carbocycles. The van der Waals surface area contributed by atoms with Crippen molar-refractivity contribution in [2.45, 2.75) is 45.4 Å². The molecular weight excluding hydrogens is 272 g/mol. The Morgan fingerprint density at radius 2 is 1.77 bits per heavy atom. The van der Waals surface area contributed by atoms with E-state index in [4.69, 9.17) is 4.74 Å². The predicted octanol–water partition coefficient (Wildman–Crippen LogP) is 3.48. The molecule has 0 radical (unpaired) electrons. The van der Waals surface area contributed by atoms with Crippen molar-refractivity contribution in [3.8, 4) is 5.75 Å². The van der Waals surface area contributed by atoms with Crippen molar-refractivity contribution in [3.63, 3.8) is 0 Å². The third-order valence-corrected chi connectivity index (χ3v) is 4.34. The largest absolute Gasteiger partial charge is 0.494 e. The summed E-state index contributed by atoms with van der Waals surface area (Å²) >= 11 is 0. The molecule has 0 spiro atoms. The molecule has 124 valence electrons. The first-order valence-electron chi connectivity index (χ1n) is 9.03. The molecular formula is C19H32N2O. The molecule has 1 saturated heterocycles. The van der Waals surface area contributed by atoms with Crippen LogP contribution in [0, 0.1) is 0 Å². The fourth-order valence-corrected chi connectivity index (χ4v) is 2.91. The average molecular weight is 304 g/mol. The van der Waals surface area contributed by atoms with Crippen LogP contribution >= 0.6 is 0 Å². The summed E-state index contributed by atoms with van der Waals surface area (Å²) in [6.45, 7) is 8.99. The topological polar surface area (TPSA) is 24.5 Å². The SMILES string of the molecule is CCCCCCOc1ccc(CCCN2CCNCC2)cc1. The third kappa shape index (κ3) is 6.80. The highest BCUT2D eigenvalue weighted by molar-refractivity contribution is 5.27. The molecule has 0 saturated carbocycles. The standard InChI is InChI=1S/C19H32N2O/c1-2-3-4-5-17-22-19-10-8-18(9-11-19)7-6-14-21-15-12-20-13-16-21/h8-11,20H,2-7,12-17H2,1H3. The molecule has 0 amide bonds. The van der Waals surface area contributed by atoms with E-state index in [1.165, 1.54) is 63.7 Å². The van der Waals surface area contributed by atoms with Crippen LogP contribution in [-0.2, 0) is 6.42 Å². The van der Waals surface area contributed by atoms with E-state index in [0.29, 0.717) is 0 Å². The van der Waals surface area contributed by atoms with Crippen molar-refractivity contribution in [1.29, 1.82) is 0 Å². The number of benzene rings is 1. The Kier molecular flexibility index (Phi) is 8.36. The van der Waals surface area contributed by atoms with Crippen molar-refractivity contribution in [2.24, 2.45) is 0 Å². The summed E-state index contributed by atoms with van der Waals surface area (Å²) < 4.78 is 5.79. The van der Waals surface area contributed by atoms with Gasteiger partial charge in [-0.3, -0.25) is 0 Å². The second-order valence-corrected chi connectivity index (χ2v) is 6.25. The second kappa shape index (κ2) is 10.6. The molecule has 1 fully saturated rings. The lowest BCUT2D eigenvalue weighted by Crippen LogP contribution is -2.43. The molecule has 1 heterocycles. The van der Waals surface area contributed by atoms with Crippen LogP contribution in [0.3, 0.4) is 0 Å². The molecule has 3 nitrogen and oxygen atoms in total. The van der Waals surface area contributed by atoms with E-state index in [1.807, 2.05) is 0 Å². The van der Waals surface area contributed by atoms with Gasteiger partial charge >= 0.3 is 0 Å². The molecule has 22 heavy (non-hydrogen) atoms. The highest BCUT2D eigenvalue weighted by atomic mass is 16.5. The van der Waals surface area contributed by atoms with Crippen molar-refractivity contribution >= 4 is 0 Å². The number of unbranched alkanes of at least 4 members (excludes halogenated alkanes) is 3. The minimum Gasteiger partial charge on any atom is -0.494 e. The van der Waals surface area contributed by atoms with Crippen LogP contribution in [0.4, 0.5) is 0 Å².